The Balaban J connectivity index is 1.98. The van der Waals surface area contributed by atoms with Crippen molar-refractivity contribution in [2.45, 2.75) is 53.9 Å². The fraction of sp³-hybridized carbons (Fsp3) is 0.296. The average molecular weight is 506 g/mol. The third kappa shape index (κ3) is 6.01. The van der Waals surface area contributed by atoms with Gasteiger partial charge in [-0.3, -0.25) is 9.98 Å². The molecule has 0 aliphatic heterocycles. The number of aryl methyl sites for hydroxylation is 4. The van der Waals surface area contributed by atoms with E-state index in [-0.39, 0.29) is 0 Å². The number of benzene rings is 2. The summed E-state index contributed by atoms with van der Waals surface area (Å²) in [6.07, 6.45) is -8.88. The number of halogens is 6. The summed E-state index contributed by atoms with van der Waals surface area (Å²) in [6, 6.07) is 9.44. The van der Waals surface area contributed by atoms with Crippen molar-refractivity contribution >= 4 is 22.8 Å². The van der Waals surface area contributed by atoms with E-state index in [2.05, 4.69) is 15.0 Å². The molecule has 9 heteroatoms. The monoisotopic (exact) mass is 505 g/mol. The zero-order valence-electron chi connectivity index (χ0n) is 20.7. The van der Waals surface area contributed by atoms with E-state index < -0.39 is 23.5 Å². The molecule has 0 bridgehead atoms. The van der Waals surface area contributed by atoms with Gasteiger partial charge in [-0.15, -0.1) is 0 Å². The fourth-order valence-corrected chi connectivity index (χ4v) is 3.88. The number of rotatable bonds is 4. The van der Waals surface area contributed by atoms with Crippen LogP contribution in [0.1, 0.15) is 58.6 Å². The lowest BCUT2D eigenvalue weighted by Gasteiger charge is -2.13. The van der Waals surface area contributed by atoms with Crippen molar-refractivity contribution in [3.05, 3.63) is 87.2 Å². The number of hydrogen-bond acceptors (Lipinski definition) is 3. The second kappa shape index (κ2) is 9.87. The molecule has 1 aromatic heterocycles. The Morgan fingerprint density at radius 2 is 0.917 bits per heavy atom. The highest BCUT2D eigenvalue weighted by Crippen LogP contribution is 2.36. The number of aromatic nitrogens is 1. The van der Waals surface area contributed by atoms with Gasteiger partial charge in [0.15, 0.2) is 0 Å². The molecule has 0 radical (unpaired) electrons. The van der Waals surface area contributed by atoms with Gasteiger partial charge in [0.05, 0.1) is 45.3 Å². The summed E-state index contributed by atoms with van der Waals surface area (Å²) in [6.45, 7) is 9.71. The fourth-order valence-electron chi connectivity index (χ4n) is 3.88. The molecule has 0 amide bonds. The second-order valence-electron chi connectivity index (χ2n) is 8.72. The van der Waals surface area contributed by atoms with E-state index in [4.69, 9.17) is 0 Å². The number of pyridine rings is 1. The molecule has 3 nitrogen and oxygen atoms in total. The molecule has 0 fully saturated rings. The second-order valence-corrected chi connectivity index (χ2v) is 8.72. The van der Waals surface area contributed by atoms with Crippen LogP contribution in [0.3, 0.4) is 0 Å². The van der Waals surface area contributed by atoms with Crippen molar-refractivity contribution in [2.24, 2.45) is 9.98 Å². The van der Waals surface area contributed by atoms with E-state index >= 15 is 0 Å². The minimum atomic E-state index is -4.44. The van der Waals surface area contributed by atoms with Crippen LogP contribution in [-0.2, 0) is 12.4 Å². The Kier molecular flexibility index (Phi) is 7.43. The van der Waals surface area contributed by atoms with Crippen LogP contribution in [0.4, 0.5) is 37.7 Å². The Bertz CT molecular complexity index is 1220. The summed E-state index contributed by atoms with van der Waals surface area (Å²) in [5.41, 5.74) is 2.99. The summed E-state index contributed by atoms with van der Waals surface area (Å²) in [5.74, 6) is 0. The van der Waals surface area contributed by atoms with Crippen LogP contribution >= 0.6 is 0 Å². The van der Waals surface area contributed by atoms with Crippen molar-refractivity contribution in [1.82, 2.24) is 4.98 Å². The molecule has 36 heavy (non-hydrogen) atoms. The number of nitrogens with zero attached hydrogens (tertiary/aromatic N) is 3. The molecule has 3 aromatic rings. The van der Waals surface area contributed by atoms with Gasteiger partial charge in [0.2, 0.25) is 0 Å². The van der Waals surface area contributed by atoms with Crippen molar-refractivity contribution < 1.29 is 26.3 Å². The summed E-state index contributed by atoms with van der Waals surface area (Å²) < 4.78 is 78.6. The lowest BCUT2D eigenvalue weighted by molar-refractivity contribution is -0.138. The smallest absolute Gasteiger partial charge is 0.251 e. The standard InChI is InChI=1S/C27H25F6N3/c1-14-10-20(26(28,29)30)11-15(2)24(14)34-18(5)22-8-7-9-23(36-22)19(6)35-25-16(3)12-21(13-17(25)4)27(31,32)33/h7-13H,1-6H3/b34-18+,35-19+. The number of aliphatic imine (C=N–C) groups is 2. The zero-order chi connectivity index (χ0) is 27.0. The molecule has 0 saturated heterocycles. The van der Waals surface area contributed by atoms with E-state index in [9.17, 15) is 26.3 Å². The Morgan fingerprint density at radius 1 is 0.611 bits per heavy atom. The third-order valence-electron chi connectivity index (χ3n) is 5.69. The predicted molar refractivity (Wildman–Crippen MR) is 130 cm³/mol. The van der Waals surface area contributed by atoms with Crippen LogP contribution in [0.25, 0.3) is 0 Å². The van der Waals surface area contributed by atoms with E-state index in [0.717, 1.165) is 24.3 Å². The molecule has 0 spiro atoms. The Hall–Kier alpha value is -3.49. The maximum Gasteiger partial charge on any atom is 0.416 e. The van der Waals surface area contributed by atoms with E-state index in [0.29, 0.717) is 56.4 Å². The highest BCUT2D eigenvalue weighted by Gasteiger charge is 2.32. The molecule has 0 aliphatic carbocycles. The van der Waals surface area contributed by atoms with Crippen LogP contribution in [0, 0.1) is 27.7 Å². The Morgan fingerprint density at radius 3 is 1.19 bits per heavy atom. The average Bonchev–Trinajstić information content (AvgIpc) is 2.77. The molecule has 0 N–H and O–H groups in total. The van der Waals surface area contributed by atoms with Crippen molar-refractivity contribution in [3.8, 4) is 0 Å². The first-order valence-corrected chi connectivity index (χ1v) is 11.0. The normalized spacial score (nSPS) is 13.3. The molecule has 190 valence electrons. The highest BCUT2D eigenvalue weighted by atomic mass is 19.4. The first kappa shape index (κ1) is 27.1. The van der Waals surface area contributed by atoms with Gasteiger partial charge in [-0.05, 0) is 100 Å². The molecule has 0 aliphatic rings. The third-order valence-corrected chi connectivity index (χ3v) is 5.69. The Labute approximate surface area is 205 Å². The summed E-state index contributed by atoms with van der Waals surface area (Å²) in [7, 11) is 0. The maximum atomic E-state index is 13.1. The molecule has 0 saturated carbocycles. The largest absolute Gasteiger partial charge is 0.416 e. The molecular weight excluding hydrogens is 480 g/mol. The first-order valence-electron chi connectivity index (χ1n) is 11.0. The molecule has 3 rings (SSSR count). The van der Waals surface area contributed by atoms with E-state index in [1.54, 1.807) is 59.7 Å². The van der Waals surface area contributed by atoms with Gasteiger partial charge >= 0.3 is 12.4 Å². The van der Waals surface area contributed by atoms with Gasteiger partial charge in [-0.25, -0.2) is 4.98 Å². The van der Waals surface area contributed by atoms with Crippen LogP contribution in [-0.4, -0.2) is 16.4 Å². The number of hydrogen-bond donors (Lipinski definition) is 0. The van der Waals surface area contributed by atoms with Gasteiger partial charge in [0, 0.05) is 0 Å². The van der Waals surface area contributed by atoms with Gasteiger partial charge < -0.3 is 0 Å². The SMILES string of the molecule is C/C(=N\c1c(C)cc(C(F)(F)F)cc1C)c1cccc(/C(C)=N/c2c(C)cc(C(F)(F)F)cc2C)n1. The quantitative estimate of drug-likeness (QED) is 0.258. The molecule has 0 atom stereocenters. The minimum absolute atomic E-state index is 0.392. The lowest BCUT2D eigenvalue weighted by atomic mass is 10.0. The van der Waals surface area contributed by atoms with Gasteiger partial charge in [-0.1, -0.05) is 6.07 Å². The first-order chi connectivity index (χ1) is 16.6. The molecule has 2 aromatic carbocycles. The maximum absolute atomic E-state index is 13.1. The number of alkyl halides is 6. The van der Waals surface area contributed by atoms with Crippen molar-refractivity contribution in [2.75, 3.05) is 0 Å². The van der Waals surface area contributed by atoms with E-state index in [1.165, 1.54) is 0 Å². The molecular formula is C27H25F6N3. The summed E-state index contributed by atoms with van der Waals surface area (Å²) in [5, 5.41) is 0. The summed E-state index contributed by atoms with van der Waals surface area (Å²) in [4.78, 5) is 13.7. The summed E-state index contributed by atoms with van der Waals surface area (Å²) >= 11 is 0. The lowest BCUT2D eigenvalue weighted by Crippen LogP contribution is -2.07. The van der Waals surface area contributed by atoms with Gasteiger partial charge in [-0.2, -0.15) is 26.3 Å². The van der Waals surface area contributed by atoms with E-state index in [1.807, 2.05) is 0 Å². The highest BCUT2D eigenvalue weighted by molar-refractivity contribution is 6.02. The van der Waals surface area contributed by atoms with Crippen LogP contribution < -0.4 is 0 Å². The molecule has 1 heterocycles. The van der Waals surface area contributed by atoms with Gasteiger partial charge in [0.25, 0.3) is 0 Å². The topological polar surface area (TPSA) is 37.6 Å². The van der Waals surface area contributed by atoms with Crippen LogP contribution in [0.2, 0.25) is 0 Å². The van der Waals surface area contributed by atoms with Crippen LogP contribution in [0.5, 0.6) is 0 Å². The van der Waals surface area contributed by atoms with Crippen molar-refractivity contribution in [3.63, 3.8) is 0 Å². The minimum Gasteiger partial charge on any atom is -0.251 e. The van der Waals surface area contributed by atoms with Crippen LogP contribution in [0.15, 0.2) is 52.4 Å². The predicted octanol–water partition coefficient (Wildman–Crippen LogP) is 8.63. The van der Waals surface area contributed by atoms with Crippen molar-refractivity contribution in [1.29, 1.82) is 0 Å². The molecule has 0 unspecified atom stereocenters. The zero-order valence-corrected chi connectivity index (χ0v) is 20.7. The van der Waals surface area contributed by atoms with Gasteiger partial charge in [0.1, 0.15) is 0 Å².